The minimum Gasteiger partial charge on any atom is -0.329 e. The van der Waals surface area contributed by atoms with Crippen LogP contribution in [0.4, 0.5) is 10.1 Å². The number of amides is 1. The van der Waals surface area contributed by atoms with Crippen LogP contribution in [0.5, 0.6) is 0 Å². The van der Waals surface area contributed by atoms with E-state index in [4.69, 9.17) is 5.73 Å². The molecule has 110 valence electrons. The molecule has 1 aromatic carbocycles. The Kier molecular flexibility index (Phi) is 4.43. The van der Waals surface area contributed by atoms with E-state index in [9.17, 15) is 9.18 Å². The van der Waals surface area contributed by atoms with Crippen LogP contribution in [0.1, 0.15) is 32.6 Å². The Labute approximate surface area is 120 Å². The summed E-state index contributed by atoms with van der Waals surface area (Å²) in [6, 6.07) is 6.00. The molecule has 4 heteroatoms. The first-order valence-electron chi connectivity index (χ1n) is 7.22. The van der Waals surface area contributed by atoms with E-state index in [1.165, 1.54) is 12.1 Å². The Bertz CT molecular complexity index is 464. The molecule has 20 heavy (non-hydrogen) atoms. The second-order valence-corrected chi connectivity index (χ2v) is 6.01. The summed E-state index contributed by atoms with van der Waals surface area (Å²) < 4.78 is 13.0. The maximum atomic E-state index is 13.0. The van der Waals surface area contributed by atoms with Gasteiger partial charge in [0.2, 0.25) is 5.91 Å². The largest absolute Gasteiger partial charge is 0.329 e. The van der Waals surface area contributed by atoms with E-state index >= 15 is 0 Å². The maximum Gasteiger partial charge on any atom is 0.234 e. The highest BCUT2D eigenvalue weighted by atomic mass is 19.1. The first kappa shape index (κ1) is 15.0. The monoisotopic (exact) mass is 278 g/mol. The van der Waals surface area contributed by atoms with Gasteiger partial charge >= 0.3 is 0 Å². The van der Waals surface area contributed by atoms with Crippen molar-refractivity contribution in [1.82, 2.24) is 0 Å². The van der Waals surface area contributed by atoms with Gasteiger partial charge in [-0.3, -0.25) is 4.79 Å². The van der Waals surface area contributed by atoms with E-state index in [-0.39, 0.29) is 11.7 Å². The van der Waals surface area contributed by atoms with E-state index in [1.54, 1.807) is 24.1 Å². The number of halogens is 1. The molecular formula is C16H23FN2O. The predicted octanol–water partition coefficient (Wildman–Crippen LogP) is 2.94. The Morgan fingerprint density at radius 3 is 2.40 bits per heavy atom. The summed E-state index contributed by atoms with van der Waals surface area (Å²) in [6.07, 6.45) is 3.77. The molecule has 3 nitrogen and oxygen atoms in total. The molecule has 1 saturated carbocycles. The topological polar surface area (TPSA) is 46.3 Å². The molecule has 0 aliphatic heterocycles. The maximum absolute atomic E-state index is 13.0. The molecule has 0 spiro atoms. The number of carbonyl (C=O) groups excluding carboxylic acids is 1. The van der Waals surface area contributed by atoms with Crippen LogP contribution in [0, 0.1) is 17.2 Å². The second-order valence-electron chi connectivity index (χ2n) is 6.01. The summed E-state index contributed by atoms with van der Waals surface area (Å²) in [4.78, 5) is 14.4. The number of benzene rings is 1. The van der Waals surface area contributed by atoms with Crippen LogP contribution in [-0.4, -0.2) is 19.5 Å². The Morgan fingerprint density at radius 2 is 1.90 bits per heavy atom. The van der Waals surface area contributed by atoms with Gasteiger partial charge in [0.25, 0.3) is 0 Å². The van der Waals surface area contributed by atoms with Gasteiger partial charge < -0.3 is 10.6 Å². The van der Waals surface area contributed by atoms with E-state index < -0.39 is 5.41 Å². The van der Waals surface area contributed by atoms with Gasteiger partial charge in [0.05, 0.1) is 5.41 Å². The van der Waals surface area contributed by atoms with Crippen molar-refractivity contribution in [3.63, 3.8) is 0 Å². The fraction of sp³-hybridized carbons (Fsp3) is 0.562. The van der Waals surface area contributed by atoms with Gasteiger partial charge in [0, 0.05) is 19.3 Å². The SMILES string of the molecule is CC1CCC(CN)(C(=O)N(C)c2ccc(F)cc2)CC1. The second kappa shape index (κ2) is 5.92. The van der Waals surface area contributed by atoms with Crippen LogP contribution in [0.15, 0.2) is 24.3 Å². The van der Waals surface area contributed by atoms with Gasteiger partial charge in [-0.15, -0.1) is 0 Å². The van der Waals surface area contributed by atoms with Gasteiger partial charge in [0.1, 0.15) is 5.82 Å². The number of nitrogens with zero attached hydrogens (tertiary/aromatic N) is 1. The Morgan fingerprint density at radius 1 is 1.35 bits per heavy atom. The van der Waals surface area contributed by atoms with Crippen LogP contribution in [-0.2, 0) is 4.79 Å². The molecule has 0 atom stereocenters. The molecule has 1 aromatic rings. The van der Waals surface area contributed by atoms with E-state index in [0.29, 0.717) is 18.2 Å². The molecule has 0 saturated heterocycles. The van der Waals surface area contributed by atoms with Crippen molar-refractivity contribution in [1.29, 1.82) is 0 Å². The lowest BCUT2D eigenvalue weighted by atomic mass is 9.70. The molecule has 1 fully saturated rings. The van der Waals surface area contributed by atoms with Crippen molar-refractivity contribution >= 4 is 11.6 Å². The lowest BCUT2D eigenvalue weighted by Crippen LogP contribution is -2.48. The van der Waals surface area contributed by atoms with Gasteiger partial charge in [-0.25, -0.2) is 4.39 Å². The highest BCUT2D eigenvalue weighted by Gasteiger charge is 2.41. The van der Waals surface area contributed by atoms with Crippen molar-refractivity contribution in [2.24, 2.45) is 17.1 Å². The van der Waals surface area contributed by atoms with Crippen molar-refractivity contribution < 1.29 is 9.18 Å². The number of nitrogens with two attached hydrogens (primary N) is 1. The molecule has 1 aliphatic rings. The van der Waals surface area contributed by atoms with Crippen LogP contribution in [0.3, 0.4) is 0 Å². The third kappa shape index (κ3) is 2.85. The average molecular weight is 278 g/mol. The minimum absolute atomic E-state index is 0.0542. The quantitative estimate of drug-likeness (QED) is 0.924. The first-order chi connectivity index (χ1) is 9.48. The summed E-state index contributed by atoms with van der Waals surface area (Å²) >= 11 is 0. The molecule has 2 rings (SSSR count). The zero-order valence-corrected chi connectivity index (χ0v) is 12.2. The van der Waals surface area contributed by atoms with Gasteiger partial charge in [-0.05, 0) is 55.9 Å². The zero-order valence-electron chi connectivity index (χ0n) is 12.2. The standard InChI is InChI=1S/C16H23FN2O/c1-12-7-9-16(11-18,10-8-12)15(20)19(2)14-5-3-13(17)4-6-14/h3-6,12H,7-11,18H2,1-2H3. The third-order valence-electron chi connectivity index (χ3n) is 4.59. The van der Waals surface area contributed by atoms with Crippen molar-refractivity contribution in [2.75, 3.05) is 18.5 Å². The van der Waals surface area contributed by atoms with Crippen LogP contribution >= 0.6 is 0 Å². The fourth-order valence-corrected chi connectivity index (χ4v) is 2.96. The molecule has 0 radical (unpaired) electrons. The lowest BCUT2D eigenvalue weighted by Gasteiger charge is -2.39. The predicted molar refractivity (Wildman–Crippen MR) is 78.9 cm³/mol. The van der Waals surface area contributed by atoms with E-state index in [1.807, 2.05) is 0 Å². The normalized spacial score (nSPS) is 26.3. The van der Waals surface area contributed by atoms with E-state index in [2.05, 4.69) is 6.92 Å². The highest BCUT2D eigenvalue weighted by Crippen LogP contribution is 2.40. The molecule has 1 aliphatic carbocycles. The molecule has 0 bridgehead atoms. The first-order valence-corrected chi connectivity index (χ1v) is 7.22. The summed E-state index contributed by atoms with van der Waals surface area (Å²) in [7, 11) is 1.74. The van der Waals surface area contributed by atoms with Crippen molar-refractivity contribution in [3.05, 3.63) is 30.1 Å². The molecule has 0 unspecified atom stereocenters. The average Bonchev–Trinajstić information content (AvgIpc) is 2.48. The summed E-state index contributed by atoms with van der Waals surface area (Å²) in [5.74, 6) is 0.423. The Balaban J connectivity index is 2.18. The molecule has 1 amide bonds. The molecular weight excluding hydrogens is 255 g/mol. The summed E-state index contributed by atoms with van der Waals surface area (Å²) in [5.41, 5.74) is 6.18. The van der Waals surface area contributed by atoms with Crippen molar-refractivity contribution in [2.45, 2.75) is 32.6 Å². The van der Waals surface area contributed by atoms with Gasteiger partial charge in [-0.1, -0.05) is 6.92 Å². The number of hydrogen-bond donors (Lipinski definition) is 1. The number of hydrogen-bond acceptors (Lipinski definition) is 2. The smallest absolute Gasteiger partial charge is 0.234 e. The van der Waals surface area contributed by atoms with Crippen LogP contribution in [0.25, 0.3) is 0 Å². The number of rotatable bonds is 3. The summed E-state index contributed by atoms with van der Waals surface area (Å²) in [6.45, 7) is 2.60. The molecule has 0 aromatic heterocycles. The van der Waals surface area contributed by atoms with E-state index in [0.717, 1.165) is 25.7 Å². The van der Waals surface area contributed by atoms with Gasteiger partial charge in [-0.2, -0.15) is 0 Å². The van der Waals surface area contributed by atoms with Crippen LogP contribution < -0.4 is 10.6 Å². The summed E-state index contributed by atoms with van der Waals surface area (Å²) in [5, 5.41) is 0. The number of carbonyl (C=O) groups is 1. The zero-order chi connectivity index (χ0) is 14.8. The third-order valence-corrected chi connectivity index (χ3v) is 4.59. The van der Waals surface area contributed by atoms with Crippen LogP contribution in [0.2, 0.25) is 0 Å². The lowest BCUT2D eigenvalue weighted by molar-refractivity contribution is -0.129. The molecule has 2 N–H and O–H groups in total. The molecule has 0 heterocycles. The highest BCUT2D eigenvalue weighted by molar-refractivity contribution is 5.97. The van der Waals surface area contributed by atoms with Crippen molar-refractivity contribution in [3.8, 4) is 0 Å². The Hall–Kier alpha value is -1.42. The fourth-order valence-electron chi connectivity index (χ4n) is 2.96. The number of anilines is 1. The minimum atomic E-state index is -0.449. The van der Waals surface area contributed by atoms with Gasteiger partial charge in [0.15, 0.2) is 0 Å².